The first-order valence-corrected chi connectivity index (χ1v) is 9.42. The summed E-state index contributed by atoms with van der Waals surface area (Å²) in [6.07, 6.45) is 3.31. The highest BCUT2D eigenvalue weighted by atomic mass is 127. The van der Waals surface area contributed by atoms with Crippen molar-refractivity contribution in [3.05, 3.63) is 60.2 Å². The van der Waals surface area contributed by atoms with Crippen LogP contribution in [0.4, 0.5) is 0 Å². The van der Waals surface area contributed by atoms with Gasteiger partial charge < -0.3 is 15.8 Å². The molecule has 3 rings (SSSR count). The third-order valence-corrected chi connectivity index (χ3v) is 5.78. The van der Waals surface area contributed by atoms with E-state index in [0.29, 0.717) is 5.96 Å². The Morgan fingerprint density at radius 3 is 2.46 bits per heavy atom. The van der Waals surface area contributed by atoms with Crippen molar-refractivity contribution in [3.8, 4) is 5.75 Å². The van der Waals surface area contributed by atoms with E-state index in [1.165, 1.54) is 23.3 Å². The average molecular weight is 483 g/mol. The molecule has 0 unspecified atom stereocenters. The van der Waals surface area contributed by atoms with Crippen LogP contribution >= 0.6 is 35.7 Å². The van der Waals surface area contributed by atoms with Crippen molar-refractivity contribution in [1.29, 1.82) is 0 Å². The first-order chi connectivity index (χ1) is 12.2. The number of guanidine groups is 1. The van der Waals surface area contributed by atoms with Crippen LogP contribution in [0.1, 0.15) is 18.4 Å². The zero-order valence-corrected chi connectivity index (χ0v) is 18.1. The monoisotopic (exact) mass is 483 g/mol. The molecule has 0 aromatic heterocycles. The van der Waals surface area contributed by atoms with E-state index >= 15 is 0 Å². The first-order valence-electron chi connectivity index (χ1n) is 8.60. The van der Waals surface area contributed by atoms with Gasteiger partial charge in [0.1, 0.15) is 5.75 Å². The molecule has 1 fully saturated rings. The summed E-state index contributed by atoms with van der Waals surface area (Å²) < 4.78 is 5.41. The molecule has 0 atom stereocenters. The number of ether oxygens (including phenoxy) is 1. The highest BCUT2D eigenvalue weighted by Crippen LogP contribution is 2.51. The Balaban J connectivity index is 0.00000243. The van der Waals surface area contributed by atoms with E-state index in [1.807, 2.05) is 30.0 Å². The fraction of sp³-hybridized carbons (Fsp3) is 0.350. The van der Waals surface area contributed by atoms with Crippen molar-refractivity contribution >= 4 is 41.7 Å². The van der Waals surface area contributed by atoms with Crippen molar-refractivity contribution < 1.29 is 4.74 Å². The number of rotatable bonds is 8. The molecule has 0 aliphatic heterocycles. The minimum Gasteiger partial charge on any atom is -0.497 e. The van der Waals surface area contributed by atoms with Crippen molar-refractivity contribution in [2.24, 2.45) is 10.7 Å². The van der Waals surface area contributed by atoms with E-state index in [2.05, 4.69) is 46.7 Å². The Bertz CT molecular complexity index is 703. The van der Waals surface area contributed by atoms with Gasteiger partial charge >= 0.3 is 0 Å². The number of benzene rings is 2. The normalized spacial score (nSPS) is 15.0. The number of hydrogen-bond acceptors (Lipinski definition) is 3. The lowest BCUT2D eigenvalue weighted by atomic mass is 10.1. The molecule has 0 heterocycles. The zero-order valence-electron chi connectivity index (χ0n) is 15.0. The quantitative estimate of drug-likeness (QED) is 0.338. The lowest BCUT2D eigenvalue weighted by Crippen LogP contribution is -2.34. The van der Waals surface area contributed by atoms with Gasteiger partial charge in [0, 0.05) is 16.2 Å². The van der Waals surface area contributed by atoms with Gasteiger partial charge in [-0.2, -0.15) is 0 Å². The minimum atomic E-state index is 0. The number of nitrogens with one attached hydrogen (secondary N) is 1. The Hall–Kier alpha value is -1.41. The second kappa shape index (κ2) is 10.1. The average Bonchev–Trinajstić information content (AvgIpc) is 3.41. The van der Waals surface area contributed by atoms with Crippen LogP contribution in [0.3, 0.4) is 0 Å². The second-order valence-electron chi connectivity index (χ2n) is 6.32. The van der Waals surface area contributed by atoms with Crippen molar-refractivity contribution in [1.82, 2.24) is 5.32 Å². The van der Waals surface area contributed by atoms with Gasteiger partial charge in [0.2, 0.25) is 0 Å². The van der Waals surface area contributed by atoms with Crippen molar-refractivity contribution in [2.45, 2.75) is 28.9 Å². The van der Waals surface area contributed by atoms with E-state index in [4.69, 9.17) is 10.5 Å². The number of hydrogen-bond donors (Lipinski definition) is 2. The highest BCUT2D eigenvalue weighted by molar-refractivity contribution is 14.0. The predicted molar refractivity (Wildman–Crippen MR) is 121 cm³/mol. The maximum absolute atomic E-state index is 6.02. The number of halogens is 1. The summed E-state index contributed by atoms with van der Waals surface area (Å²) in [5.74, 6) is 1.41. The number of thioether (sulfide) groups is 1. The lowest BCUT2D eigenvalue weighted by molar-refractivity contribution is 0.414. The van der Waals surface area contributed by atoms with E-state index in [-0.39, 0.29) is 28.7 Å². The summed E-state index contributed by atoms with van der Waals surface area (Å²) in [4.78, 5) is 5.86. The maximum Gasteiger partial charge on any atom is 0.188 e. The summed E-state index contributed by atoms with van der Waals surface area (Å²) in [6, 6.07) is 18.6. The standard InChI is InChI=1S/C20H25N3OS.HI/c1-24-17-9-7-16(8-10-17)11-14-22-19(21)23-15-20(12-13-20)25-18-5-3-2-4-6-18;/h2-10H,11-15H2,1H3,(H3,21,22,23);1H. The van der Waals surface area contributed by atoms with Crippen LogP contribution in [0, 0.1) is 0 Å². The third-order valence-electron chi connectivity index (χ3n) is 4.30. The van der Waals surface area contributed by atoms with Crippen molar-refractivity contribution in [3.63, 3.8) is 0 Å². The molecule has 0 spiro atoms. The SMILES string of the molecule is COc1ccc(CCNC(N)=NCC2(Sc3ccccc3)CC2)cc1.I. The largest absolute Gasteiger partial charge is 0.497 e. The van der Waals surface area contributed by atoms with E-state index in [0.717, 1.165) is 25.3 Å². The first kappa shape index (κ1) is 20.9. The maximum atomic E-state index is 6.02. The number of aliphatic imine (C=N–C) groups is 1. The molecule has 2 aromatic rings. The van der Waals surface area contributed by atoms with E-state index in [9.17, 15) is 0 Å². The predicted octanol–water partition coefficient (Wildman–Crippen LogP) is 4.08. The second-order valence-corrected chi connectivity index (χ2v) is 7.87. The molecule has 26 heavy (non-hydrogen) atoms. The molecular formula is C20H26IN3OS. The van der Waals surface area contributed by atoms with Crippen LogP contribution in [0.5, 0.6) is 5.75 Å². The Morgan fingerprint density at radius 2 is 1.85 bits per heavy atom. The lowest BCUT2D eigenvalue weighted by Gasteiger charge is -2.13. The van der Waals surface area contributed by atoms with Crippen LogP contribution in [0.25, 0.3) is 0 Å². The molecule has 140 valence electrons. The van der Waals surface area contributed by atoms with Crippen LogP contribution in [-0.2, 0) is 6.42 Å². The molecule has 1 aliphatic carbocycles. The Labute approximate surface area is 177 Å². The topological polar surface area (TPSA) is 59.6 Å². The van der Waals surface area contributed by atoms with Crippen LogP contribution in [-0.4, -0.2) is 30.9 Å². The molecule has 0 radical (unpaired) electrons. The van der Waals surface area contributed by atoms with E-state index < -0.39 is 0 Å². The highest BCUT2D eigenvalue weighted by Gasteiger charge is 2.43. The Morgan fingerprint density at radius 1 is 1.15 bits per heavy atom. The van der Waals surface area contributed by atoms with Gasteiger partial charge in [0.25, 0.3) is 0 Å². The van der Waals surface area contributed by atoms with Gasteiger partial charge in [-0.1, -0.05) is 30.3 Å². The molecule has 0 amide bonds. The zero-order chi connectivity index (χ0) is 17.5. The summed E-state index contributed by atoms with van der Waals surface area (Å²) in [7, 11) is 1.68. The van der Waals surface area contributed by atoms with Crippen LogP contribution in [0.2, 0.25) is 0 Å². The van der Waals surface area contributed by atoms with Gasteiger partial charge in [-0.05, 0) is 49.1 Å². The third kappa shape index (κ3) is 6.39. The van der Waals surface area contributed by atoms with Gasteiger partial charge in [0.05, 0.1) is 13.7 Å². The smallest absolute Gasteiger partial charge is 0.188 e. The molecule has 0 saturated heterocycles. The molecule has 1 saturated carbocycles. The minimum absolute atomic E-state index is 0. The van der Waals surface area contributed by atoms with Gasteiger partial charge in [-0.25, -0.2) is 0 Å². The molecule has 2 aromatic carbocycles. The molecular weight excluding hydrogens is 457 g/mol. The van der Waals surface area contributed by atoms with Gasteiger partial charge in [0.15, 0.2) is 5.96 Å². The van der Waals surface area contributed by atoms with Crippen LogP contribution < -0.4 is 15.8 Å². The fourth-order valence-corrected chi connectivity index (χ4v) is 3.81. The fourth-order valence-electron chi connectivity index (χ4n) is 2.58. The van der Waals surface area contributed by atoms with Crippen LogP contribution in [0.15, 0.2) is 64.5 Å². The number of methoxy groups -OCH3 is 1. The number of nitrogens with two attached hydrogens (primary N) is 1. The summed E-state index contributed by atoms with van der Waals surface area (Å²) in [6.45, 7) is 1.55. The molecule has 3 N–H and O–H groups in total. The molecule has 1 aliphatic rings. The number of nitrogens with zero attached hydrogens (tertiary/aromatic N) is 1. The summed E-state index contributed by atoms with van der Waals surface area (Å²) in [5, 5.41) is 3.21. The van der Waals surface area contributed by atoms with E-state index in [1.54, 1.807) is 7.11 Å². The summed E-state index contributed by atoms with van der Waals surface area (Å²) in [5.41, 5.74) is 7.27. The Kier molecular flexibility index (Phi) is 8.09. The molecule has 0 bridgehead atoms. The van der Waals surface area contributed by atoms with Gasteiger partial charge in [-0.3, -0.25) is 4.99 Å². The molecule has 6 heteroatoms. The van der Waals surface area contributed by atoms with Crippen molar-refractivity contribution in [2.75, 3.05) is 20.2 Å². The molecule has 4 nitrogen and oxygen atoms in total. The summed E-state index contributed by atoms with van der Waals surface area (Å²) >= 11 is 1.92. The van der Waals surface area contributed by atoms with Gasteiger partial charge in [-0.15, -0.1) is 35.7 Å².